The molecule has 0 spiro atoms. The molecular formula is C22H29NO2. The van der Waals surface area contributed by atoms with E-state index in [4.69, 9.17) is 4.74 Å². The molecule has 2 rings (SSSR count). The van der Waals surface area contributed by atoms with Crippen LogP contribution in [0, 0.1) is 20.8 Å². The Morgan fingerprint density at radius 2 is 1.56 bits per heavy atom. The minimum absolute atomic E-state index is 0.0231. The number of benzene rings is 2. The lowest BCUT2D eigenvalue weighted by Gasteiger charge is -2.18. The van der Waals surface area contributed by atoms with Crippen LogP contribution in [-0.2, 0) is 4.79 Å². The summed E-state index contributed by atoms with van der Waals surface area (Å²) in [5.74, 6) is 1.09. The second-order valence-corrected chi connectivity index (χ2v) is 7.09. The van der Waals surface area contributed by atoms with Gasteiger partial charge in [-0.15, -0.1) is 0 Å². The van der Waals surface area contributed by atoms with Crippen LogP contribution in [0.15, 0.2) is 36.4 Å². The van der Waals surface area contributed by atoms with Crippen LogP contribution in [0.5, 0.6) is 5.75 Å². The van der Waals surface area contributed by atoms with E-state index in [1.54, 1.807) is 0 Å². The molecule has 25 heavy (non-hydrogen) atoms. The van der Waals surface area contributed by atoms with Gasteiger partial charge in [0, 0.05) is 0 Å². The van der Waals surface area contributed by atoms with Gasteiger partial charge in [0.25, 0.3) is 5.91 Å². The lowest BCUT2D eigenvalue weighted by Crippen LogP contribution is -2.31. The van der Waals surface area contributed by atoms with E-state index in [9.17, 15) is 4.79 Å². The van der Waals surface area contributed by atoms with Crippen molar-refractivity contribution in [3.63, 3.8) is 0 Å². The Kier molecular flexibility index (Phi) is 6.24. The van der Waals surface area contributed by atoms with Crippen molar-refractivity contribution in [1.82, 2.24) is 5.32 Å². The van der Waals surface area contributed by atoms with Crippen LogP contribution < -0.4 is 10.1 Å². The second-order valence-electron chi connectivity index (χ2n) is 7.09. The molecular weight excluding hydrogens is 310 g/mol. The highest BCUT2D eigenvalue weighted by molar-refractivity contribution is 5.78. The highest BCUT2D eigenvalue weighted by Gasteiger charge is 2.13. The molecule has 2 aromatic carbocycles. The van der Waals surface area contributed by atoms with E-state index >= 15 is 0 Å². The topological polar surface area (TPSA) is 38.3 Å². The third-order valence-corrected chi connectivity index (χ3v) is 4.64. The molecule has 0 aliphatic heterocycles. The molecule has 1 amide bonds. The summed E-state index contributed by atoms with van der Waals surface area (Å²) >= 11 is 0. The number of aryl methyl sites for hydroxylation is 3. The van der Waals surface area contributed by atoms with Gasteiger partial charge in [-0.2, -0.15) is 0 Å². The van der Waals surface area contributed by atoms with E-state index in [0.717, 1.165) is 11.3 Å². The van der Waals surface area contributed by atoms with Crippen molar-refractivity contribution in [1.29, 1.82) is 0 Å². The fourth-order valence-electron chi connectivity index (χ4n) is 2.91. The van der Waals surface area contributed by atoms with Crippen molar-refractivity contribution >= 4 is 5.91 Å². The van der Waals surface area contributed by atoms with Crippen molar-refractivity contribution in [3.8, 4) is 5.75 Å². The minimum atomic E-state index is -0.113. The molecule has 2 aromatic rings. The largest absolute Gasteiger partial charge is 0.484 e. The summed E-state index contributed by atoms with van der Waals surface area (Å²) in [6.45, 7) is 12.6. The van der Waals surface area contributed by atoms with Gasteiger partial charge in [-0.05, 0) is 73.6 Å². The van der Waals surface area contributed by atoms with E-state index in [0.29, 0.717) is 5.92 Å². The summed E-state index contributed by atoms with van der Waals surface area (Å²) < 4.78 is 5.60. The Morgan fingerprint density at radius 3 is 2.16 bits per heavy atom. The number of carbonyl (C=O) groups is 1. The van der Waals surface area contributed by atoms with Gasteiger partial charge in [0.15, 0.2) is 6.61 Å². The molecule has 0 aliphatic carbocycles. The lowest BCUT2D eigenvalue weighted by molar-refractivity contribution is -0.123. The van der Waals surface area contributed by atoms with Crippen LogP contribution in [-0.4, -0.2) is 12.5 Å². The standard InChI is InChI=1S/C22H29NO2/c1-14(2)19-7-9-20(10-8-19)25-13-22(24)23-18(6)21-12-16(4)15(3)11-17(21)5/h7-12,14,18H,13H2,1-6H3,(H,23,24). The summed E-state index contributed by atoms with van der Waals surface area (Å²) in [6, 6.07) is 12.2. The monoisotopic (exact) mass is 339 g/mol. The third-order valence-electron chi connectivity index (χ3n) is 4.64. The molecule has 1 atom stereocenters. The van der Waals surface area contributed by atoms with Gasteiger partial charge in [-0.25, -0.2) is 0 Å². The predicted octanol–water partition coefficient (Wildman–Crippen LogP) is 4.99. The van der Waals surface area contributed by atoms with Crippen LogP contribution in [0.4, 0.5) is 0 Å². The van der Waals surface area contributed by atoms with Crippen LogP contribution in [0.1, 0.15) is 60.5 Å². The first-order chi connectivity index (χ1) is 11.8. The highest BCUT2D eigenvalue weighted by Crippen LogP contribution is 2.22. The van der Waals surface area contributed by atoms with E-state index in [2.05, 4.69) is 52.1 Å². The molecule has 0 heterocycles. The Hall–Kier alpha value is -2.29. The molecule has 0 aromatic heterocycles. The average Bonchev–Trinajstić information content (AvgIpc) is 2.56. The molecule has 0 bridgehead atoms. The van der Waals surface area contributed by atoms with Crippen molar-refractivity contribution in [2.24, 2.45) is 0 Å². The van der Waals surface area contributed by atoms with Crippen LogP contribution in [0.25, 0.3) is 0 Å². The maximum Gasteiger partial charge on any atom is 0.258 e. The number of amides is 1. The molecule has 3 nitrogen and oxygen atoms in total. The van der Waals surface area contributed by atoms with Crippen LogP contribution in [0.3, 0.4) is 0 Å². The Balaban J connectivity index is 1.92. The van der Waals surface area contributed by atoms with E-state index < -0.39 is 0 Å². The summed E-state index contributed by atoms with van der Waals surface area (Å²) in [5, 5.41) is 3.02. The molecule has 0 saturated heterocycles. The minimum Gasteiger partial charge on any atom is -0.484 e. The van der Waals surface area contributed by atoms with Gasteiger partial charge in [0.1, 0.15) is 5.75 Å². The first-order valence-electron chi connectivity index (χ1n) is 8.87. The zero-order valence-corrected chi connectivity index (χ0v) is 16.1. The molecule has 1 N–H and O–H groups in total. The summed E-state index contributed by atoms with van der Waals surface area (Å²) in [7, 11) is 0. The molecule has 1 unspecified atom stereocenters. The van der Waals surface area contributed by atoms with Gasteiger partial charge in [-0.1, -0.05) is 38.1 Å². The molecule has 0 radical (unpaired) electrons. The van der Waals surface area contributed by atoms with Crippen molar-refractivity contribution in [2.45, 2.75) is 53.5 Å². The zero-order chi connectivity index (χ0) is 18.6. The van der Waals surface area contributed by atoms with E-state index in [-0.39, 0.29) is 18.6 Å². The smallest absolute Gasteiger partial charge is 0.258 e. The maximum atomic E-state index is 12.2. The number of rotatable bonds is 6. The first-order valence-corrected chi connectivity index (χ1v) is 8.87. The predicted molar refractivity (Wildman–Crippen MR) is 103 cm³/mol. The fourth-order valence-corrected chi connectivity index (χ4v) is 2.91. The van der Waals surface area contributed by atoms with Gasteiger partial charge in [0.2, 0.25) is 0 Å². The van der Waals surface area contributed by atoms with E-state index in [1.165, 1.54) is 22.3 Å². The van der Waals surface area contributed by atoms with Crippen molar-refractivity contribution < 1.29 is 9.53 Å². The first kappa shape index (κ1) is 19.0. The molecule has 0 fully saturated rings. The average molecular weight is 339 g/mol. The van der Waals surface area contributed by atoms with Crippen LogP contribution >= 0.6 is 0 Å². The number of ether oxygens (including phenoxy) is 1. The Labute approximate surface area is 151 Å². The quantitative estimate of drug-likeness (QED) is 0.805. The second kappa shape index (κ2) is 8.19. The van der Waals surface area contributed by atoms with Gasteiger partial charge < -0.3 is 10.1 Å². The Bertz CT molecular complexity index is 732. The lowest BCUT2D eigenvalue weighted by atomic mass is 9.96. The molecule has 3 heteroatoms. The Morgan fingerprint density at radius 1 is 0.960 bits per heavy atom. The summed E-state index contributed by atoms with van der Waals surface area (Å²) in [6.07, 6.45) is 0. The molecule has 0 saturated carbocycles. The maximum absolute atomic E-state index is 12.2. The highest BCUT2D eigenvalue weighted by atomic mass is 16.5. The molecule has 134 valence electrons. The SMILES string of the molecule is Cc1cc(C)c(C(C)NC(=O)COc2ccc(C(C)C)cc2)cc1C. The molecule has 0 aliphatic rings. The van der Waals surface area contributed by atoms with Gasteiger partial charge >= 0.3 is 0 Å². The number of hydrogen-bond donors (Lipinski definition) is 1. The zero-order valence-electron chi connectivity index (χ0n) is 16.1. The van der Waals surface area contributed by atoms with E-state index in [1.807, 2.05) is 31.2 Å². The normalized spacial score (nSPS) is 12.1. The fraction of sp³-hybridized carbons (Fsp3) is 0.409. The third kappa shape index (κ3) is 5.09. The number of carbonyl (C=O) groups excluding carboxylic acids is 1. The van der Waals surface area contributed by atoms with Crippen molar-refractivity contribution in [2.75, 3.05) is 6.61 Å². The summed E-state index contributed by atoms with van der Waals surface area (Å²) in [5.41, 5.74) is 6.12. The van der Waals surface area contributed by atoms with Crippen molar-refractivity contribution in [3.05, 3.63) is 64.2 Å². The van der Waals surface area contributed by atoms with Gasteiger partial charge in [-0.3, -0.25) is 4.79 Å². The summed E-state index contributed by atoms with van der Waals surface area (Å²) in [4.78, 5) is 12.2. The number of nitrogens with one attached hydrogen (secondary N) is 1. The van der Waals surface area contributed by atoms with Crippen LogP contribution in [0.2, 0.25) is 0 Å². The number of hydrogen-bond acceptors (Lipinski definition) is 2. The van der Waals surface area contributed by atoms with Gasteiger partial charge in [0.05, 0.1) is 6.04 Å².